The second-order valence-corrected chi connectivity index (χ2v) is 9.02. The van der Waals surface area contributed by atoms with E-state index < -0.39 is 16.8 Å². The average molecular weight is 450 g/mol. The molecule has 1 fully saturated rings. The molecule has 0 saturated carbocycles. The van der Waals surface area contributed by atoms with Gasteiger partial charge in [0, 0.05) is 24.6 Å². The Hall–Kier alpha value is -3.16. The molecule has 1 saturated heterocycles. The summed E-state index contributed by atoms with van der Waals surface area (Å²) >= 11 is 0. The van der Waals surface area contributed by atoms with Gasteiger partial charge in [0.15, 0.2) is 5.78 Å². The van der Waals surface area contributed by atoms with Crippen LogP contribution < -0.4 is 10.9 Å². The summed E-state index contributed by atoms with van der Waals surface area (Å²) in [6.07, 6.45) is 2.56. The molecule has 1 unspecified atom stereocenters. The molecule has 1 aromatic heterocycles. The molecule has 1 aliphatic rings. The molecule has 1 aliphatic heterocycles. The highest BCUT2D eigenvalue weighted by Crippen LogP contribution is 2.37. The molecule has 0 spiro atoms. The van der Waals surface area contributed by atoms with Crippen LogP contribution in [0.5, 0.6) is 0 Å². The summed E-state index contributed by atoms with van der Waals surface area (Å²) in [7, 11) is 0. The molecule has 33 heavy (non-hydrogen) atoms. The maximum absolute atomic E-state index is 14.1. The molecule has 1 atom stereocenters. The highest BCUT2D eigenvalue weighted by Gasteiger charge is 2.48. The van der Waals surface area contributed by atoms with Gasteiger partial charge in [0.1, 0.15) is 11.4 Å². The van der Waals surface area contributed by atoms with Crippen LogP contribution in [0.3, 0.4) is 0 Å². The first-order valence-corrected chi connectivity index (χ1v) is 11.1. The van der Waals surface area contributed by atoms with Crippen molar-refractivity contribution in [2.24, 2.45) is 5.41 Å². The van der Waals surface area contributed by atoms with Gasteiger partial charge in [0.25, 0.3) is 5.56 Å². The summed E-state index contributed by atoms with van der Waals surface area (Å²) in [5.74, 6) is -0.727. The SMILES string of the molecule is CC(O)(Cc1ccccc1)C(=O)C1(Cn2cnc(-c3ccccc3F)cc2=O)CCNCC1. The Kier molecular flexibility index (Phi) is 6.54. The summed E-state index contributed by atoms with van der Waals surface area (Å²) in [5.41, 5.74) is -1.49. The van der Waals surface area contributed by atoms with Crippen molar-refractivity contribution in [3.8, 4) is 11.3 Å². The van der Waals surface area contributed by atoms with Crippen LogP contribution in [0.1, 0.15) is 25.3 Å². The molecule has 0 radical (unpaired) electrons. The van der Waals surface area contributed by atoms with Crippen LogP contribution in [-0.2, 0) is 17.8 Å². The molecule has 6 nitrogen and oxygen atoms in total. The van der Waals surface area contributed by atoms with Gasteiger partial charge in [0.2, 0.25) is 0 Å². The number of halogens is 1. The smallest absolute Gasteiger partial charge is 0.253 e. The second kappa shape index (κ2) is 9.37. The monoisotopic (exact) mass is 449 g/mol. The number of carbonyl (C=O) groups is 1. The van der Waals surface area contributed by atoms with E-state index in [-0.39, 0.29) is 35.6 Å². The van der Waals surface area contributed by atoms with Gasteiger partial charge in [-0.05, 0) is 50.6 Å². The molecular weight excluding hydrogens is 421 g/mol. The number of nitrogens with zero attached hydrogens (tertiary/aromatic N) is 2. The van der Waals surface area contributed by atoms with E-state index in [0.717, 1.165) is 5.56 Å². The highest BCUT2D eigenvalue weighted by atomic mass is 19.1. The van der Waals surface area contributed by atoms with Gasteiger partial charge in [-0.2, -0.15) is 0 Å². The fraction of sp³-hybridized carbons (Fsp3) is 0.346. The topological polar surface area (TPSA) is 84.2 Å². The Bertz CT molecular complexity index is 1180. The number of Topliss-reactive ketones (excluding diaryl/α,β-unsaturated/α-hetero) is 1. The second-order valence-electron chi connectivity index (χ2n) is 9.02. The quantitative estimate of drug-likeness (QED) is 0.579. The van der Waals surface area contributed by atoms with Crippen molar-refractivity contribution in [1.29, 1.82) is 0 Å². The predicted molar refractivity (Wildman–Crippen MR) is 124 cm³/mol. The number of hydrogen-bond acceptors (Lipinski definition) is 5. The van der Waals surface area contributed by atoms with E-state index in [4.69, 9.17) is 0 Å². The number of hydrogen-bond donors (Lipinski definition) is 2. The zero-order valence-corrected chi connectivity index (χ0v) is 18.6. The first-order valence-electron chi connectivity index (χ1n) is 11.1. The Morgan fingerprint density at radius 3 is 2.48 bits per heavy atom. The van der Waals surface area contributed by atoms with E-state index in [0.29, 0.717) is 25.9 Å². The van der Waals surface area contributed by atoms with E-state index in [1.54, 1.807) is 25.1 Å². The highest BCUT2D eigenvalue weighted by molar-refractivity contribution is 5.92. The summed E-state index contributed by atoms with van der Waals surface area (Å²) in [4.78, 5) is 30.9. The summed E-state index contributed by atoms with van der Waals surface area (Å²) < 4.78 is 15.5. The van der Waals surface area contributed by atoms with Crippen LogP contribution in [0.15, 0.2) is 71.8 Å². The largest absolute Gasteiger partial charge is 0.382 e. The Morgan fingerprint density at radius 2 is 1.82 bits per heavy atom. The number of benzene rings is 2. The molecule has 7 heteroatoms. The number of aromatic nitrogens is 2. The Labute approximate surface area is 192 Å². The summed E-state index contributed by atoms with van der Waals surface area (Å²) in [5, 5.41) is 14.5. The fourth-order valence-electron chi connectivity index (χ4n) is 4.69. The Morgan fingerprint density at radius 1 is 1.15 bits per heavy atom. The lowest BCUT2D eigenvalue weighted by Gasteiger charge is -2.41. The van der Waals surface area contributed by atoms with Gasteiger partial charge >= 0.3 is 0 Å². The fourth-order valence-corrected chi connectivity index (χ4v) is 4.69. The predicted octanol–water partition coefficient (Wildman–Crippen LogP) is 2.98. The number of aliphatic hydroxyl groups is 1. The van der Waals surface area contributed by atoms with Crippen molar-refractivity contribution in [2.45, 2.75) is 38.3 Å². The van der Waals surface area contributed by atoms with Crippen LogP contribution in [0.25, 0.3) is 11.3 Å². The number of ketones is 1. The number of nitrogens with one attached hydrogen (secondary N) is 1. The van der Waals surface area contributed by atoms with Crippen molar-refractivity contribution in [1.82, 2.24) is 14.9 Å². The van der Waals surface area contributed by atoms with Gasteiger partial charge in [0.05, 0.1) is 17.4 Å². The molecular formula is C26H28FN3O3. The average Bonchev–Trinajstić information content (AvgIpc) is 2.81. The van der Waals surface area contributed by atoms with Crippen LogP contribution in [0.2, 0.25) is 0 Å². The molecule has 3 aromatic rings. The Balaban J connectivity index is 1.63. The molecule has 2 heterocycles. The third-order valence-electron chi connectivity index (χ3n) is 6.42. The standard InChI is InChI=1S/C26H28FN3O3/c1-25(33,16-19-7-3-2-4-8-19)24(32)26(11-13-28-14-12-26)17-30-18-29-22(15-23(30)31)20-9-5-6-10-21(20)27/h2-10,15,18,28,33H,11-14,16-17H2,1H3. The van der Waals surface area contributed by atoms with E-state index in [9.17, 15) is 19.1 Å². The van der Waals surface area contributed by atoms with Gasteiger partial charge in [-0.1, -0.05) is 42.5 Å². The van der Waals surface area contributed by atoms with E-state index in [2.05, 4.69) is 10.3 Å². The zero-order valence-electron chi connectivity index (χ0n) is 18.6. The minimum Gasteiger partial charge on any atom is -0.382 e. The van der Waals surface area contributed by atoms with Gasteiger partial charge in [-0.15, -0.1) is 0 Å². The van der Waals surface area contributed by atoms with Crippen molar-refractivity contribution in [3.63, 3.8) is 0 Å². The van der Waals surface area contributed by atoms with Crippen LogP contribution in [-0.4, -0.2) is 39.1 Å². The van der Waals surface area contributed by atoms with E-state index in [1.807, 2.05) is 30.3 Å². The lowest BCUT2D eigenvalue weighted by molar-refractivity contribution is -0.149. The number of carbonyl (C=O) groups excluding carboxylic acids is 1. The third-order valence-corrected chi connectivity index (χ3v) is 6.42. The normalized spacial score (nSPS) is 17.3. The van der Waals surface area contributed by atoms with Crippen molar-refractivity contribution in [3.05, 3.63) is 88.7 Å². The minimum absolute atomic E-state index is 0.113. The van der Waals surface area contributed by atoms with Crippen LogP contribution in [0.4, 0.5) is 4.39 Å². The minimum atomic E-state index is -1.58. The van der Waals surface area contributed by atoms with Crippen molar-refractivity contribution in [2.75, 3.05) is 13.1 Å². The summed E-state index contributed by atoms with van der Waals surface area (Å²) in [6.45, 7) is 2.89. The third kappa shape index (κ3) is 4.94. The van der Waals surface area contributed by atoms with Gasteiger partial charge < -0.3 is 10.4 Å². The first-order chi connectivity index (χ1) is 15.8. The van der Waals surface area contributed by atoms with Crippen molar-refractivity contribution < 1.29 is 14.3 Å². The lowest BCUT2D eigenvalue weighted by Crippen LogP contribution is -2.54. The van der Waals surface area contributed by atoms with Gasteiger partial charge in [-0.25, -0.2) is 9.37 Å². The summed E-state index contributed by atoms with van der Waals surface area (Å²) in [6, 6.07) is 16.8. The van der Waals surface area contributed by atoms with Crippen LogP contribution in [0, 0.1) is 11.2 Å². The molecule has 2 aromatic carbocycles. The molecule has 0 amide bonds. The first kappa shape index (κ1) is 23.0. The maximum Gasteiger partial charge on any atom is 0.253 e. The molecule has 2 N–H and O–H groups in total. The van der Waals surface area contributed by atoms with Crippen LogP contribution >= 0.6 is 0 Å². The van der Waals surface area contributed by atoms with Crippen molar-refractivity contribution >= 4 is 5.78 Å². The number of rotatable bonds is 7. The molecule has 4 rings (SSSR count). The van der Waals surface area contributed by atoms with Gasteiger partial charge in [-0.3, -0.25) is 14.2 Å². The maximum atomic E-state index is 14.1. The molecule has 172 valence electrons. The van der Waals surface area contributed by atoms with E-state index in [1.165, 1.54) is 23.0 Å². The van der Waals surface area contributed by atoms with E-state index >= 15 is 0 Å². The molecule has 0 aliphatic carbocycles. The molecule has 0 bridgehead atoms. The zero-order chi connectivity index (χ0) is 23.5. The number of piperidine rings is 1. The lowest BCUT2D eigenvalue weighted by atomic mass is 9.69.